The van der Waals surface area contributed by atoms with Crippen LogP contribution in [0.25, 0.3) is 0 Å². The Morgan fingerprint density at radius 2 is 1.09 bits per heavy atom. The van der Waals surface area contributed by atoms with Crippen molar-refractivity contribution >= 4 is 23.5 Å². The van der Waals surface area contributed by atoms with E-state index in [-0.39, 0.29) is 35.2 Å². The Hall–Kier alpha value is -1.98. The number of carbonyl (C=O) groups excluding carboxylic acids is 2. The van der Waals surface area contributed by atoms with E-state index in [9.17, 15) is 29.4 Å². The Kier molecular flexibility index (Phi) is 10.1. The second-order valence-electron chi connectivity index (χ2n) is 11.8. The third-order valence-corrected chi connectivity index (χ3v) is 8.11. The van der Waals surface area contributed by atoms with Crippen molar-refractivity contribution in [3.8, 4) is 0 Å². The molecule has 4 unspecified atom stereocenters. The zero-order chi connectivity index (χ0) is 25.5. The molecule has 4 atom stereocenters. The largest absolute Gasteiger partial charge is 0.481 e. The van der Waals surface area contributed by atoms with Gasteiger partial charge in [0.15, 0.2) is 0 Å². The van der Waals surface area contributed by atoms with Crippen molar-refractivity contribution in [1.82, 2.24) is 0 Å². The molecule has 0 radical (unpaired) electrons. The summed E-state index contributed by atoms with van der Waals surface area (Å²) in [5, 5.41) is 18.6. The highest BCUT2D eigenvalue weighted by Crippen LogP contribution is 2.35. The zero-order valence-corrected chi connectivity index (χ0v) is 21.5. The van der Waals surface area contributed by atoms with E-state index in [4.69, 9.17) is 0 Å². The maximum atomic E-state index is 13.0. The van der Waals surface area contributed by atoms with Gasteiger partial charge in [0.25, 0.3) is 0 Å². The predicted octanol–water partition coefficient (Wildman–Crippen LogP) is 6.08. The Labute approximate surface area is 204 Å². The number of rotatable bonds is 12. The summed E-state index contributed by atoms with van der Waals surface area (Å²) in [6.07, 6.45) is 13.3. The van der Waals surface area contributed by atoms with E-state index in [1.807, 2.05) is 12.2 Å². The molecular formula is C28H44O6. The highest BCUT2D eigenvalue weighted by molar-refractivity contribution is 5.87. The van der Waals surface area contributed by atoms with Crippen molar-refractivity contribution in [3.63, 3.8) is 0 Å². The molecule has 2 N–H and O–H groups in total. The molecule has 0 amide bonds. The SMILES string of the molecule is CC(C)(CCCC1CCCC(C=CC2CCCC(CCCC(C)(C)C(=O)O)C2=O)C1=O)C(=O)O. The first-order chi connectivity index (χ1) is 15.8. The molecule has 6 nitrogen and oxygen atoms in total. The molecule has 0 spiro atoms. The van der Waals surface area contributed by atoms with Crippen LogP contribution < -0.4 is 0 Å². The fourth-order valence-corrected chi connectivity index (χ4v) is 5.36. The van der Waals surface area contributed by atoms with Crippen molar-refractivity contribution in [2.75, 3.05) is 0 Å². The van der Waals surface area contributed by atoms with Crippen LogP contribution in [0.15, 0.2) is 12.2 Å². The van der Waals surface area contributed by atoms with Gasteiger partial charge < -0.3 is 10.2 Å². The average Bonchev–Trinajstić information content (AvgIpc) is 2.75. The molecule has 0 aromatic carbocycles. The molecule has 6 heteroatoms. The molecule has 192 valence electrons. The van der Waals surface area contributed by atoms with Crippen LogP contribution >= 0.6 is 0 Å². The summed E-state index contributed by atoms with van der Waals surface area (Å²) < 4.78 is 0. The van der Waals surface area contributed by atoms with Crippen LogP contribution in [-0.2, 0) is 19.2 Å². The van der Waals surface area contributed by atoms with Crippen LogP contribution in [0.3, 0.4) is 0 Å². The molecular weight excluding hydrogens is 432 g/mol. The average molecular weight is 477 g/mol. The van der Waals surface area contributed by atoms with Crippen molar-refractivity contribution < 1.29 is 29.4 Å². The third kappa shape index (κ3) is 7.78. The Morgan fingerprint density at radius 1 is 0.735 bits per heavy atom. The number of ketones is 2. The summed E-state index contributed by atoms with van der Waals surface area (Å²) >= 11 is 0. The van der Waals surface area contributed by atoms with Crippen molar-refractivity contribution in [2.45, 2.75) is 105 Å². The summed E-state index contributed by atoms with van der Waals surface area (Å²) in [5.41, 5.74) is -1.53. The number of carboxylic acids is 2. The Morgan fingerprint density at radius 3 is 1.41 bits per heavy atom. The highest BCUT2D eigenvalue weighted by atomic mass is 16.4. The highest BCUT2D eigenvalue weighted by Gasteiger charge is 2.34. The van der Waals surface area contributed by atoms with Crippen LogP contribution in [0.5, 0.6) is 0 Å². The van der Waals surface area contributed by atoms with Crippen LogP contribution in [-0.4, -0.2) is 33.7 Å². The van der Waals surface area contributed by atoms with Gasteiger partial charge in [0, 0.05) is 23.7 Å². The van der Waals surface area contributed by atoms with E-state index in [0.29, 0.717) is 12.8 Å². The van der Waals surface area contributed by atoms with E-state index in [1.54, 1.807) is 27.7 Å². The van der Waals surface area contributed by atoms with Gasteiger partial charge in [-0.25, -0.2) is 0 Å². The fraction of sp³-hybridized carbons (Fsp3) is 0.786. The minimum atomic E-state index is -0.802. The first-order valence-corrected chi connectivity index (χ1v) is 13.1. The minimum absolute atomic E-state index is 0.0135. The van der Waals surface area contributed by atoms with Gasteiger partial charge in [-0.1, -0.05) is 37.8 Å². The lowest BCUT2D eigenvalue weighted by atomic mass is 9.74. The molecule has 2 aliphatic rings. The first-order valence-electron chi connectivity index (χ1n) is 13.1. The molecule has 0 bridgehead atoms. The quantitative estimate of drug-likeness (QED) is 0.331. The van der Waals surface area contributed by atoms with Gasteiger partial charge in [-0.3, -0.25) is 19.2 Å². The van der Waals surface area contributed by atoms with Gasteiger partial charge in [0.2, 0.25) is 0 Å². The number of carboxylic acid groups (broad SMARTS) is 2. The van der Waals surface area contributed by atoms with Crippen molar-refractivity contribution in [2.24, 2.45) is 34.5 Å². The standard InChI is InChI=1S/C28H44O6/c1-27(2,25(31)32)17-7-13-19-9-5-11-21(23(19)29)15-16-22-12-6-10-20(24(22)30)14-8-18-28(3,4)26(33)34/h15-16,19-22H,5-14,17-18H2,1-4H3,(H,31,32)(H,33,34). The summed E-state index contributed by atoms with van der Waals surface area (Å²) in [4.78, 5) is 48.7. The summed E-state index contributed by atoms with van der Waals surface area (Å²) in [7, 11) is 0. The molecule has 2 aliphatic carbocycles. The fourth-order valence-electron chi connectivity index (χ4n) is 5.36. The number of hydrogen-bond acceptors (Lipinski definition) is 4. The van der Waals surface area contributed by atoms with Gasteiger partial charge in [-0.05, 0) is 79.1 Å². The number of carbonyl (C=O) groups is 4. The monoisotopic (exact) mass is 476 g/mol. The Bertz CT molecular complexity index is 714. The lowest BCUT2D eigenvalue weighted by molar-refractivity contribution is -0.148. The molecule has 2 saturated carbocycles. The predicted molar refractivity (Wildman–Crippen MR) is 131 cm³/mol. The number of aliphatic carboxylic acids is 2. The summed E-state index contributed by atoms with van der Waals surface area (Å²) in [5.74, 6) is -1.43. The molecule has 2 rings (SSSR count). The molecule has 2 fully saturated rings. The summed E-state index contributed by atoms with van der Waals surface area (Å²) in [6, 6.07) is 0. The number of allylic oxidation sites excluding steroid dienone is 2. The Balaban J connectivity index is 1.87. The number of hydrogen-bond donors (Lipinski definition) is 2. The topological polar surface area (TPSA) is 109 Å². The normalized spacial score (nSPS) is 26.7. The second kappa shape index (κ2) is 12.1. The lowest BCUT2D eigenvalue weighted by Crippen LogP contribution is -2.30. The minimum Gasteiger partial charge on any atom is -0.481 e. The van der Waals surface area contributed by atoms with Crippen LogP contribution in [0.4, 0.5) is 0 Å². The summed E-state index contributed by atoms with van der Waals surface area (Å²) in [6.45, 7) is 6.91. The van der Waals surface area contributed by atoms with Crippen LogP contribution in [0, 0.1) is 34.5 Å². The number of Topliss-reactive ketones (excluding diaryl/α,β-unsaturated/α-hetero) is 2. The molecule has 0 aliphatic heterocycles. The smallest absolute Gasteiger partial charge is 0.309 e. The molecule has 0 aromatic rings. The third-order valence-electron chi connectivity index (χ3n) is 8.11. The zero-order valence-electron chi connectivity index (χ0n) is 21.5. The van der Waals surface area contributed by atoms with Gasteiger partial charge in [0.1, 0.15) is 11.6 Å². The van der Waals surface area contributed by atoms with Crippen molar-refractivity contribution in [1.29, 1.82) is 0 Å². The second-order valence-corrected chi connectivity index (χ2v) is 11.8. The van der Waals surface area contributed by atoms with E-state index in [0.717, 1.165) is 64.2 Å². The van der Waals surface area contributed by atoms with E-state index in [2.05, 4.69) is 0 Å². The molecule has 0 saturated heterocycles. The van der Waals surface area contributed by atoms with E-state index < -0.39 is 22.8 Å². The van der Waals surface area contributed by atoms with E-state index in [1.165, 1.54) is 0 Å². The maximum Gasteiger partial charge on any atom is 0.309 e. The van der Waals surface area contributed by atoms with E-state index >= 15 is 0 Å². The first kappa shape index (κ1) is 28.3. The maximum absolute atomic E-state index is 13.0. The molecule has 34 heavy (non-hydrogen) atoms. The molecule has 0 heterocycles. The van der Waals surface area contributed by atoms with Crippen LogP contribution in [0.2, 0.25) is 0 Å². The van der Waals surface area contributed by atoms with Gasteiger partial charge in [-0.15, -0.1) is 0 Å². The van der Waals surface area contributed by atoms with Gasteiger partial charge >= 0.3 is 11.9 Å². The van der Waals surface area contributed by atoms with Gasteiger partial charge in [-0.2, -0.15) is 0 Å². The van der Waals surface area contributed by atoms with Gasteiger partial charge in [0.05, 0.1) is 10.8 Å². The van der Waals surface area contributed by atoms with Crippen molar-refractivity contribution in [3.05, 3.63) is 12.2 Å². The molecule has 0 aromatic heterocycles. The lowest BCUT2D eigenvalue weighted by Gasteiger charge is -2.29. The van der Waals surface area contributed by atoms with Crippen LogP contribution in [0.1, 0.15) is 105 Å².